The van der Waals surface area contributed by atoms with Gasteiger partial charge in [-0.3, -0.25) is 0 Å². The van der Waals surface area contributed by atoms with Crippen molar-refractivity contribution in [1.29, 1.82) is 0 Å². The molecule has 0 saturated heterocycles. The molecule has 2 aromatic carbocycles. The van der Waals surface area contributed by atoms with Crippen LogP contribution in [0.15, 0.2) is 54.6 Å². The maximum Gasteiger partial charge on any atom is 0.202 e. The van der Waals surface area contributed by atoms with Gasteiger partial charge in [0.25, 0.3) is 0 Å². The number of hydrogen-bond donors (Lipinski definition) is 1. The molecule has 6 heteroatoms. The highest BCUT2D eigenvalue weighted by atomic mass is 35.5. The van der Waals surface area contributed by atoms with Gasteiger partial charge in [0, 0.05) is 23.2 Å². The Bertz CT molecular complexity index is 884. The first kappa shape index (κ1) is 17.9. The fourth-order valence-corrected chi connectivity index (χ4v) is 3.15. The number of nitrogens with zero attached hydrogens (tertiary/aromatic N) is 3. The molecule has 0 aliphatic carbocycles. The van der Waals surface area contributed by atoms with Crippen LogP contribution in [0.4, 0.5) is 0 Å². The predicted octanol–water partition coefficient (Wildman–Crippen LogP) is 3.33. The van der Waals surface area contributed by atoms with Gasteiger partial charge >= 0.3 is 0 Å². The standard InChI is InChI=1S/C19H21ClN4S/c1-3-23(13-15-7-5-4-6-8-15)14-24-19(25)22(2)18(21-24)16-9-11-17(20)12-10-16/h4-12H,3,13-14H2,1-2H3/p+1. The lowest BCUT2D eigenvalue weighted by Crippen LogP contribution is -3.09. The fraction of sp³-hybridized carbons (Fsp3) is 0.263. The molecule has 3 aromatic rings. The van der Waals surface area contributed by atoms with E-state index < -0.39 is 0 Å². The number of nitrogens with one attached hydrogen (secondary N) is 1. The lowest BCUT2D eigenvalue weighted by molar-refractivity contribution is -0.935. The third kappa shape index (κ3) is 4.18. The summed E-state index contributed by atoms with van der Waals surface area (Å²) >= 11 is 11.6. The minimum Gasteiger partial charge on any atom is -0.313 e. The number of rotatable bonds is 6. The summed E-state index contributed by atoms with van der Waals surface area (Å²) in [4.78, 5) is 1.41. The molecule has 1 aromatic heterocycles. The second-order valence-electron chi connectivity index (χ2n) is 6.10. The Morgan fingerprint density at radius 1 is 1.08 bits per heavy atom. The van der Waals surface area contributed by atoms with Crippen molar-refractivity contribution < 1.29 is 4.90 Å². The largest absolute Gasteiger partial charge is 0.313 e. The molecule has 1 unspecified atom stereocenters. The molecule has 1 N–H and O–H groups in total. The van der Waals surface area contributed by atoms with Crippen molar-refractivity contribution in [2.45, 2.75) is 20.1 Å². The van der Waals surface area contributed by atoms with Crippen LogP contribution in [0, 0.1) is 4.77 Å². The van der Waals surface area contributed by atoms with Crippen LogP contribution < -0.4 is 4.90 Å². The quantitative estimate of drug-likeness (QED) is 0.671. The Balaban J connectivity index is 1.83. The lowest BCUT2D eigenvalue weighted by Gasteiger charge is -2.17. The lowest BCUT2D eigenvalue weighted by atomic mass is 10.2. The Morgan fingerprint density at radius 3 is 2.40 bits per heavy atom. The van der Waals surface area contributed by atoms with E-state index in [1.807, 2.05) is 46.6 Å². The first-order chi connectivity index (χ1) is 12.1. The van der Waals surface area contributed by atoms with Crippen molar-refractivity contribution in [1.82, 2.24) is 14.3 Å². The molecule has 130 valence electrons. The van der Waals surface area contributed by atoms with Crippen LogP contribution in [0.1, 0.15) is 12.5 Å². The topological polar surface area (TPSA) is 27.2 Å². The fourth-order valence-electron chi connectivity index (χ4n) is 2.83. The normalized spacial score (nSPS) is 12.3. The van der Waals surface area contributed by atoms with E-state index in [-0.39, 0.29) is 0 Å². The van der Waals surface area contributed by atoms with Crippen LogP contribution in [0.2, 0.25) is 5.02 Å². The Morgan fingerprint density at radius 2 is 1.76 bits per heavy atom. The first-order valence-corrected chi connectivity index (χ1v) is 9.14. The Kier molecular flexibility index (Phi) is 5.68. The molecule has 0 radical (unpaired) electrons. The molecule has 0 fully saturated rings. The smallest absolute Gasteiger partial charge is 0.202 e. The molecular formula is C19H22ClN4S+. The molecule has 0 aliphatic rings. The van der Waals surface area contributed by atoms with E-state index in [1.165, 1.54) is 10.5 Å². The van der Waals surface area contributed by atoms with E-state index >= 15 is 0 Å². The van der Waals surface area contributed by atoms with E-state index in [0.29, 0.717) is 5.02 Å². The molecule has 0 amide bonds. The Labute approximate surface area is 158 Å². The van der Waals surface area contributed by atoms with Crippen molar-refractivity contribution in [3.05, 3.63) is 70.0 Å². The summed E-state index contributed by atoms with van der Waals surface area (Å²) < 4.78 is 4.60. The number of halogens is 1. The molecule has 0 spiro atoms. The van der Waals surface area contributed by atoms with Crippen LogP contribution in [-0.4, -0.2) is 20.9 Å². The zero-order chi connectivity index (χ0) is 17.8. The number of aromatic nitrogens is 3. The van der Waals surface area contributed by atoms with Crippen molar-refractivity contribution in [2.75, 3.05) is 6.54 Å². The highest BCUT2D eigenvalue weighted by Gasteiger charge is 2.14. The van der Waals surface area contributed by atoms with Crippen molar-refractivity contribution in [2.24, 2.45) is 7.05 Å². The van der Waals surface area contributed by atoms with Gasteiger partial charge in [-0.15, -0.1) is 5.10 Å². The van der Waals surface area contributed by atoms with Crippen LogP contribution in [0.3, 0.4) is 0 Å². The first-order valence-electron chi connectivity index (χ1n) is 8.35. The monoisotopic (exact) mass is 373 g/mol. The van der Waals surface area contributed by atoms with Crippen LogP contribution in [-0.2, 0) is 20.3 Å². The third-order valence-electron chi connectivity index (χ3n) is 4.31. The summed E-state index contributed by atoms with van der Waals surface area (Å²) in [5.41, 5.74) is 2.33. The van der Waals surface area contributed by atoms with Gasteiger partial charge in [-0.25, -0.2) is 0 Å². The third-order valence-corrected chi connectivity index (χ3v) is 5.05. The maximum absolute atomic E-state index is 5.98. The maximum atomic E-state index is 5.98. The van der Waals surface area contributed by atoms with Crippen molar-refractivity contribution in [3.8, 4) is 11.4 Å². The van der Waals surface area contributed by atoms with Gasteiger partial charge in [0.05, 0.1) is 6.54 Å². The van der Waals surface area contributed by atoms with Gasteiger partial charge in [0.15, 0.2) is 12.5 Å². The van der Waals surface area contributed by atoms with Crippen molar-refractivity contribution in [3.63, 3.8) is 0 Å². The van der Waals surface area contributed by atoms with E-state index in [0.717, 1.165) is 35.9 Å². The van der Waals surface area contributed by atoms with Gasteiger partial charge < -0.3 is 9.47 Å². The average molecular weight is 374 g/mol. The molecular weight excluding hydrogens is 352 g/mol. The number of quaternary nitrogens is 1. The molecule has 0 bridgehead atoms. The van der Waals surface area contributed by atoms with Gasteiger partial charge in [0.2, 0.25) is 4.77 Å². The summed E-state index contributed by atoms with van der Waals surface area (Å²) in [6.45, 7) is 4.88. The zero-order valence-electron chi connectivity index (χ0n) is 14.4. The summed E-state index contributed by atoms with van der Waals surface area (Å²) in [7, 11) is 1.96. The average Bonchev–Trinajstić information content (AvgIpc) is 2.91. The van der Waals surface area contributed by atoms with Gasteiger partial charge in [0.1, 0.15) is 6.54 Å². The second-order valence-corrected chi connectivity index (χ2v) is 6.90. The minimum atomic E-state index is 0.717. The summed E-state index contributed by atoms with van der Waals surface area (Å²) in [5.74, 6) is 0.858. The SMILES string of the molecule is CC[NH+](Cc1ccccc1)Cn1nc(-c2ccc(Cl)cc2)n(C)c1=S. The molecule has 1 atom stereocenters. The van der Waals surface area contributed by atoms with E-state index in [9.17, 15) is 0 Å². The summed E-state index contributed by atoms with van der Waals surface area (Å²) in [5, 5.41) is 5.47. The molecule has 25 heavy (non-hydrogen) atoms. The summed E-state index contributed by atoms with van der Waals surface area (Å²) in [6.07, 6.45) is 0. The predicted molar refractivity (Wildman–Crippen MR) is 104 cm³/mol. The van der Waals surface area contributed by atoms with E-state index in [4.69, 9.17) is 28.9 Å². The van der Waals surface area contributed by atoms with E-state index in [1.54, 1.807) is 0 Å². The highest BCUT2D eigenvalue weighted by Crippen LogP contribution is 2.19. The second kappa shape index (κ2) is 7.95. The van der Waals surface area contributed by atoms with Crippen molar-refractivity contribution >= 4 is 23.8 Å². The molecule has 3 rings (SSSR count). The molecule has 0 saturated carbocycles. The van der Waals surface area contributed by atoms with Gasteiger partial charge in [-0.2, -0.15) is 4.68 Å². The summed E-state index contributed by atoms with van der Waals surface area (Å²) in [6, 6.07) is 18.2. The molecule has 4 nitrogen and oxygen atoms in total. The zero-order valence-corrected chi connectivity index (χ0v) is 16.0. The van der Waals surface area contributed by atoms with Crippen LogP contribution >= 0.6 is 23.8 Å². The highest BCUT2D eigenvalue weighted by molar-refractivity contribution is 7.71. The van der Waals surface area contributed by atoms with Gasteiger partial charge in [-0.05, 0) is 43.4 Å². The molecule has 1 heterocycles. The van der Waals surface area contributed by atoms with E-state index in [2.05, 4.69) is 31.2 Å². The van der Waals surface area contributed by atoms with Crippen LogP contribution in [0.25, 0.3) is 11.4 Å². The minimum absolute atomic E-state index is 0.717. The van der Waals surface area contributed by atoms with Crippen LogP contribution in [0.5, 0.6) is 0 Å². The van der Waals surface area contributed by atoms with Gasteiger partial charge in [-0.1, -0.05) is 41.9 Å². The Hall–Kier alpha value is -1.95. The molecule has 0 aliphatic heterocycles. The number of benzene rings is 2. The number of hydrogen-bond acceptors (Lipinski definition) is 2.